The summed E-state index contributed by atoms with van der Waals surface area (Å²) >= 11 is 0. The number of unbranched alkanes of at least 4 members (excludes halogenated alkanes) is 4. The fourth-order valence-electron chi connectivity index (χ4n) is 7.48. The highest BCUT2D eigenvalue weighted by molar-refractivity contribution is 5.92. The Kier molecular flexibility index (Phi) is 13.3. The minimum absolute atomic E-state index is 0.0827. The van der Waals surface area contributed by atoms with Gasteiger partial charge < -0.3 is 28.4 Å². The zero-order valence-electron chi connectivity index (χ0n) is 26.7. The Hall–Kier alpha value is -1.97. The van der Waals surface area contributed by atoms with Crippen LogP contribution >= 0.6 is 0 Å². The Bertz CT molecular complexity index is 950. The van der Waals surface area contributed by atoms with E-state index in [0.29, 0.717) is 32.5 Å². The molecule has 6 atom stereocenters. The third kappa shape index (κ3) is 9.04. The molecule has 4 unspecified atom stereocenters. The maximum absolute atomic E-state index is 13.8. The molecule has 2 heterocycles. The predicted molar refractivity (Wildman–Crippen MR) is 160 cm³/mol. The van der Waals surface area contributed by atoms with Crippen molar-refractivity contribution in [3.05, 3.63) is 11.3 Å². The summed E-state index contributed by atoms with van der Waals surface area (Å²) in [7, 11) is 1.34. The molecule has 9 nitrogen and oxygen atoms in total. The number of ether oxygens (including phenoxy) is 6. The normalized spacial score (nSPS) is 31.3. The molecule has 0 spiro atoms. The van der Waals surface area contributed by atoms with Crippen LogP contribution in [0.3, 0.4) is 0 Å². The zero-order chi connectivity index (χ0) is 30.7. The molecule has 2 saturated heterocycles. The van der Waals surface area contributed by atoms with Gasteiger partial charge in [-0.2, -0.15) is 0 Å². The molecule has 2 saturated carbocycles. The first-order valence-electron chi connectivity index (χ1n) is 16.9. The van der Waals surface area contributed by atoms with Gasteiger partial charge in [-0.15, -0.1) is 0 Å². The van der Waals surface area contributed by atoms with Crippen molar-refractivity contribution in [3.8, 4) is 0 Å². The van der Waals surface area contributed by atoms with Crippen LogP contribution < -0.4 is 0 Å². The lowest BCUT2D eigenvalue weighted by Crippen LogP contribution is -2.35. The lowest BCUT2D eigenvalue weighted by atomic mass is 9.76. The topological polar surface area (TPSA) is 107 Å². The first-order valence-corrected chi connectivity index (χ1v) is 16.9. The number of hydrogen-bond acceptors (Lipinski definition) is 9. The molecule has 2 aliphatic carbocycles. The first kappa shape index (κ1) is 33.9. The lowest BCUT2D eigenvalue weighted by Gasteiger charge is -2.33. The molecule has 0 aromatic rings. The molecule has 0 aromatic heterocycles. The number of carbonyl (C=O) groups excluding carboxylic acids is 3. The summed E-state index contributed by atoms with van der Waals surface area (Å²) in [5.74, 6) is -0.108. The van der Waals surface area contributed by atoms with Crippen LogP contribution in [0.15, 0.2) is 11.3 Å². The predicted octanol–water partition coefficient (Wildman–Crippen LogP) is 6.56. The van der Waals surface area contributed by atoms with Gasteiger partial charge in [0, 0.05) is 44.6 Å². The first-order chi connectivity index (χ1) is 20.9. The van der Waals surface area contributed by atoms with E-state index in [2.05, 4.69) is 13.8 Å². The van der Waals surface area contributed by atoms with Gasteiger partial charge in [-0.3, -0.25) is 14.4 Å². The molecule has 0 aromatic carbocycles. The highest BCUT2D eigenvalue weighted by atomic mass is 16.7. The van der Waals surface area contributed by atoms with Gasteiger partial charge in [0.25, 0.3) is 0 Å². The summed E-state index contributed by atoms with van der Waals surface area (Å²) in [4.78, 5) is 38.4. The van der Waals surface area contributed by atoms with Crippen LogP contribution in [0.25, 0.3) is 0 Å². The SMILES string of the molecule is CCCCCCCC(OC1CCCCO1)=C(C)C1C(OC2CCCCO2)C[C@@]2(C(=O)OCCCC(=O)OC)CC(=O)C[C@@H]12. The molecule has 0 N–H and O–H groups in total. The molecule has 4 aliphatic rings. The maximum Gasteiger partial charge on any atom is 0.312 e. The van der Waals surface area contributed by atoms with Crippen LogP contribution in [0.2, 0.25) is 0 Å². The second-order valence-electron chi connectivity index (χ2n) is 12.9. The average Bonchev–Trinajstić information content (AvgIpc) is 3.50. The Morgan fingerprint density at radius 1 is 0.930 bits per heavy atom. The quantitative estimate of drug-likeness (QED) is 0.110. The third-order valence-electron chi connectivity index (χ3n) is 9.79. The number of Topliss-reactive ketones (excluding diaryl/α,β-unsaturated/α-hetero) is 1. The van der Waals surface area contributed by atoms with Gasteiger partial charge >= 0.3 is 11.9 Å². The summed E-state index contributed by atoms with van der Waals surface area (Å²) in [6.45, 7) is 5.79. The van der Waals surface area contributed by atoms with Gasteiger partial charge in [-0.25, -0.2) is 0 Å². The number of rotatable bonds is 16. The summed E-state index contributed by atoms with van der Waals surface area (Å²) in [5.41, 5.74) is 0.104. The van der Waals surface area contributed by atoms with Gasteiger partial charge in [0.2, 0.25) is 0 Å². The second-order valence-corrected chi connectivity index (χ2v) is 12.9. The highest BCUT2D eigenvalue weighted by Crippen LogP contribution is 2.60. The fraction of sp³-hybridized carbons (Fsp3) is 0.853. The van der Waals surface area contributed by atoms with Crippen LogP contribution in [-0.4, -0.2) is 63.3 Å². The molecule has 2 aliphatic heterocycles. The van der Waals surface area contributed by atoms with Gasteiger partial charge in [0.1, 0.15) is 5.78 Å². The van der Waals surface area contributed by atoms with Crippen LogP contribution in [0.5, 0.6) is 0 Å². The highest BCUT2D eigenvalue weighted by Gasteiger charge is 2.64. The maximum atomic E-state index is 13.8. The van der Waals surface area contributed by atoms with Gasteiger partial charge in [0.05, 0.1) is 37.6 Å². The number of methoxy groups -OCH3 is 1. The summed E-state index contributed by atoms with van der Waals surface area (Å²) in [6, 6.07) is 0. The molecule has 4 rings (SSSR count). The van der Waals surface area contributed by atoms with Gasteiger partial charge in [0.15, 0.2) is 12.6 Å². The van der Waals surface area contributed by atoms with E-state index in [1.807, 2.05) is 0 Å². The molecule has 0 amide bonds. The van der Waals surface area contributed by atoms with Crippen molar-refractivity contribution < 1.29 is 42.8 Å². The molecule has 9 heteroatoms. The van der Waals surface area contributed by atoms with Crippen molar-refractivity contribution in [1.82, 2.24) is 0 Å². The summed E-state index contributed by atoms with van der Waals surface area (Å²) in [6.07, 6.45) is 12.9. The smallest absolute Gasteiger partial charge is 0.312 e. The lowest BCUT2D eigenvalue weighted by molar-refractivity contribution is -0.195. The molecular formula is C34H54O9. The van der Waals surface area contributed by atoms with Gasteiger partial charge in [-0.05, 0) is 69.8 Å². The monoisotopic (exact) mass is 606 g/mol. The average molecular weight is 607 g/mol. The van der Waals surface area contributed by atoms with E-state index in [1.165, 1.54) is 26.4 Å². The van der Waals surface area contributed by atoms with Crippen LogP contribution in [0.1, 0.15) is 123 Å². The molecule has 0 bridgehead atoms. The minimum atomic E-state index is -0.957. The summed E-state index contributed by atoms with van der Waals surface area (Å²) in [5, 5.41) is 0. The molecular weight excluding hydrogens is 552 g/mol. The van der Waals surface area contributed by atoms with Crippen molar-refractivity contribution in [2.24, 2.45) is 17.3 Å². The van der Waals surface area contributed by atoms with E-state index in [-0.39, 0.29) is 67.7 Å². The van der Waals surface area contributed by atoms with Crippen molar-refractivity contribution in [1.29, 1.82) is 0 Å². The van der Waals surface area contributed by atoms with Crippen LogP contribution in [0.4, 0.5) is 0 Å². The third-order valence-corrected chi connectivity index (χ3v) is 9.79. The van der Waals surface area contributed by atoms with E-state index < -0.39 is 5.41 Å². The molecule has 4 fully saturated rings. The van der Waals surface area contributed by atoms with Crippen molar-refractivity contribution >= 4 is 17.7 Å². The van der Waals surface area contributed by atoms with E-state index >= 15 is 0 Å². The standard InChI is InChI=1S/C34H54O9/c1-4-5-6-7-8-14-27(42-30-16-9-11-18-39-30)24(2)32-26-21-25(35)22-34(26,33(37)41-20-13-15-29(36)38-3)23-28(32)43-31-17-10-12-19-40-31/h26,28,30-32H,4-23H2,1-3H3/t26-,28?,30?,31?,32?,34-/m0/s1. The van der Waals surface area contributed by atoms with Crippen molar-refractivity contribution in [2.45, 2.75) is 142 Å². The number of esters is 2. The Morgan fingerprint density at radius 2 is 1.65 bits per heavy atom. The van der Waals surface area contributed by atoms with E-state index in [0.717, 1.165) is 69.1 Å². The Balaban J connectivity index is 1.60. The number of fused-ring (bicyclic) bond motifs is 1. The van der Waals surface area contributed by atoms with Gasteiger partial charge in [-0.1, -0.05) is 32.6 Å². The second kappa shape index (κ2) is 16.9. The molecule has 0 radical (unpaired) electrons. The van der Waals surface area contributed by atoms with E-state index in [1.54, 1.807) is 0 Å². The zero-order valence-corrected chi connectivity index (χ0v) is 26.7. The number of ketones is 1. The Labute approximate surface area is 257 Å². The van der Waals surface area contributed by atoms with Crippen LogP contribution in [0, 0.1) is 17.3 Å². The summed E-state index contributed by atoms with van der Waals surface area (Å²) < 4.78 is 35.8. The minimum Gasteiger partial charge on any atom is -0.469 e. The van der Waals surface area contributed by atoms with Crippen molar-refractivity contribution in [2.75, 3.05) is 26.9 Å². The molecule has 43 heavy (non-hydrogen) atoms. The van der Waals surface area contributed by atoms with E-state index in [9.17, 15) is 14.4 Å². The fourth-order valence-corrected chi connectivity index (χ4v) is 7.48. The number of carbonyl (C=O) groups is 3. The van der Waals surface area contributed by atoms with Crippen LogP contribution in [-0.2, 0) is 42.8 Å². The van der Waals surface area contributed by atoms with Crippen molar-refractivity contribution in [3.63, 3.8) is 0 Å². The number of allylic oxidation sites excluding steroid dienone is 1. The molecule has 244 valence electrons. The number of hydrogen-bond donors (Lipinski definition) is 0. The van der Waals surface area contributed by atoms with E-state index in [4.69, 9.17) is 28.4 Å². The largest absolute Gasteiger partial charge is 0.469 e. The Morgan fingerprint density at radius 3 is 2.33 bits per heavy atom.